The first-order valence-corrected chi connectivity index (χ1v) is 11.1. The van der Waals surface area contributed by atoms with Crippen LogP contribution in [0.3, 0.4) is 0 Å². The standard InChI is InChI=1S/C27H30N2O4/c1-18(2)15-24(19(3)30)28-27(33)25(16-26(31)32)29-14-13-23(17-29)22-11-9-21(10-12-22)20-7-5-4-6-8-20/h4-14,17-18,24-25H,15-16H2,1-3H3,(H,28,33)(H,31,32)/t24-,25+/m0/s1. The number of nitrogens with zero attached hydrogens (tertiary/aromatic N) is 1. The molecule has 1 heterocycles. The van der Waals surface area contributed by atoms with Gasteiger partial charge in [0, 0.05) is 12.4 Å². The minimum Gasteiger partial charge on any atom is -0.481 e. The summed E-state index contributed by atoms with van der Waals surface area (Å²) in [6.07, 6.45) is 3.61. The topological polar surface area (TPSA) is 88.4 Å². The number of amides is 1. The van der Waals surface area contributed by atoms with E-state index in [0.717, 1.165) is 22.3 Å². The summed E-state index contributed by atoms with van der Waals surface area (Å²) in [5.74, 6) is -1.48. The van der Waals surface area contributed by atoms with Crippen molar-refractivity contribution in [2.75, 3.05) is 0 Å². The van der Waals surface area contributed by atoms with Gasteiger partial charge in [0.05, 0.1) is 12.5 Å². The Hall–Kier alpha value is -3.67. The first kappa shape index (κ1) is 24.0. The number of rotatable bonds is 10. The van der Waals surface area contributed by atoms with Crippen molar-refractivity contribution >= 4 is 17.7 Å². The van der Waals surface area contributed by atoms with Crippen LogP contribution >= 0.6 is 0 Å². The molecule has 0 aliphatic heterocycles. The highest BCUT2D eigenvalue weighted by atomic mass is 16.4. The maximum Gasteiger partial charge on any atom is 0.306 e. The second-order valence-electron chi connectivity index (χ2n) is 8.71. The molecule has 0 bridgehead atoms. The number of Topliss-reactive ketones (excluding diaryl/α,β-unsaturated/α-hetero) is 1. The maximum absolute atomic E-state index is 13.0. The molecule has 1 amide bonds. The van der Waals surface area contributed by atoms with Crippen molar-refractivity contribution < 1.29 is 19.5 Å². The summed E-state index contributed by atoms with van der Waals surface area (Å²) in [4.78, 5) is 36.4. The molecule has 0 saturated heterocycles. The van der Waals surface area contributed by atoms with Crippen LogP contribution in [0.1, 0.15) is 39.7 Å². The van der Waals surface area contributed by atoms with Gasteiger partial charge < -0.3 is 15.0 Å². The van der Waals surface area contributed by atoms with Gasteiger partial charge in [-0.05, 0) is 47.6 Å². The van der Waals surface area contributed by atoms with Crippen molar-refractivity contribution in [2.45, 2.75) is 45.7 Å². The number of aliphatic carboxylic acids is 1. The zero-order chi connectivity index (χ0) is 24.0. The van der Waals surface area contributed by atoms with Gasteiger partial charge in [-0.3, -0.25) is 14.4 Å². The van der Waals surface area contributed by atoms with Gasteiger partial charge in [0.2, 0.25) is 5.91 Å². The Balaban J connectivity index is 1.81. The van der Waals surface area contributed by atoms with E-state index in [0.29, 0.717) is 6.42 Å². The monoisotopic (exact) mass is 446 g/mol. The Bertz CT molecular complexity index is 1100. The number of nitrogens with one attached hydrogen (secondary N) is 1. The lowest BCUT2D eigenvalue weighted by atomic mass is 10.0. The van der Waals surface area contributed by atoms with Gasteiger partial charge in [-0.15, -0.1) is 0 Å². The molecule has 3 aromatic rings. The summed E-state index contributed by atoms with van der Waals surface area (Å²) in [5.41, 5.74) is 4.07. The van der Waals surface area contributed by atoms with Gasteiger partial charge in [-0.25, -0.2) is 0 Å². The average molecular weight is 447 g/mol. The fourth-order valence-corrected chi connectivity index (χ4v) is 3.83. The van der Waals surface area contributed by atoms with E-state index in [-0.39, 0.29) is 18.1 Å². The Morgan fingerprint density at radius 2 is 1.45 bits per heavy atom. The van der Waals surface area contributed by atoms with E-state index in [2.05, 4.69) is 5.32 Å². The second kappa shape index (κ2) is 10.8. The predicted octanol–water partition coefficient (Wildman–Crippen LogP) is 4.96. The average Bonchev–Trinajstić information content (AvgIpc) is 3.27. The van der Waals surface area contributed by atoms with E-state index in [1.54, 1.807) is 17.0 Å². The summed E-state index contributed by atoms with van der Waals surface area (Å²) in [5, 5.41) is 12.1. The number of carbonyl (C=O) groups excluding carboxylic acids is 2. The molecule has 0 aliphatic carbocycles. The molecule has 6 heteroatoms. The number of carboxylic acids is 1. The third kappa shape index (κ3) is 6.42. The van der Waals surface area contributed by atoms with Gasteiger partial charge >= 0.3 is 5.97 Å². The van der Waals surface area contributed by atoms with Crippen LogP contribution in [0, 0.1) is 5.92 Å². The fourth-order valence-electron chi connectivity index (χ4n) is 3.83. The van der Waals surface area contributed by atoms with Crippen molar-refractivity contribution in [1.82, 2.24) is 9.88 Å². The fraction of sp³-hybridized carbons (Fsp3) is 0.296. The summed E-state index contributed by atoms with van der Waals surface area (Å²) in [7, 11) is 0. The van der Waals surface area contributed by atoms with Crippen LogP contribution < -0.4 is 5.32 Å². The second-order valence-corrected chi connectivity index (χ2v) is 8.71. The number of carboxylic acid groups (broad SMARTS) is 1. The SMILES string of the molecule is CC(=O)[C@H](CC(C)C)NC(=O)[C@@H](CC(=O)O)n1ccc(-c2ccc(-c3ccccc3)cc2)c1. The first-order chi connectivity index (χ1) is 15.7. The van der Waals surface area contributed by atoms with Crippen molar-refractivity contribution in [3.63, 3.8) is 0 Å². The van der Waals surface area contributed by atoms with Crippen LogP contribution in [0.4, 0.5) is 0 Å². The molecule has 2 N–H and O–H groups in total. The minimum absolute atomic E-state index is 0.141. The zero-order valence-electron chi connectivity index (χ0n) is 19.2. The third-order valence-electron chi connectivity index (χ3n) is 5.58. The highest BCUT2D eigenvalue weighted by molar-refractivity contribution is 5.90. The first-order valence-electron chi connectivity index (χ1n) is 11.1. The van der Waals surface area contributed by atoms with Crippen molar-refractivity contribution in [2.24, 2.45) is 5.92 Å². The Morgan fingerprint density at radius 3 is 2.00 bits per heavy atom. The molecular weight excluding hydrogens is 416 g/mol. The van der Waals surface area contributed by atoms with Crippen LogP contribution in [0.15, 0.2) is 73.1 Å². The van der Waals surface area contributed by atoms with Gasteiger partial charge in [0.25, 0.3) is 0 Å². The molecule has 0 saturated carbocycles. The summed E-state index contributed by atoms with van der Waals surface area (Å²) in [6.45, 7) is 5.38. The van der Waals surface area contributed by atoms with Gasteiger partial charge in [-0.2, -0.15) is 0 Å². The molecule has 33 heavy (non-hydrogen) atoms. The Labute approximate surface area is 194 Å². The lowest BCUT2D eigenvalue weighted by molar-refractivity contribution is -0.141. The Morgan fingerprint density at radius 1 is 0.879 bits per heavy atom. The van der Waals surface area contributed by atoms with Crippen LogP contribution in [0.25, 0.3) is 22.3 Å². The molecule has 0 unspecified atom stereocenters. The number of aromatic nitrogens is 1. The normalized spacial score (nSPS) is 12.8. The highest BCUT2D eigenvalue weighted by Gasteiger charge is 2.27. The molecule has 3 rings (SSSR count). The molecule has 0 radical (unpaired) electrons. The number of benzene rings is 2. The molecular formula is C27H30N2O4. The van der Waals surface area contributed by atoms with Crippen LogP contribution in [-0.2, 0) is 14.4 Å². The lowest BCUT2D eigenvalue weighted by Crippen LogP contribution is -2.44. The smallest absolute Gasteiger partial charge is 0.306 e. The van der Waals surface area contributed by atoms with Gasteiger partial charge in [0.1, 0.15) is 6.04 Å². The zero-order valence-corrected chi connectivity index (χ0v) is 19.2. The van der Waals surface area contributed by atoms with E-state index in [4.69, 9.17) is 0 Å². The quantitative estimate of drug-likeness (QED) is 0.461. The molecule has 0 fully saturated rings. The van der Waals surface area contributed by atoms with E-state index >= 15 is 0 Å². The van der Waals surface area contributed by atoms with Crippen molar-refractivity contribution in [3.05, 3.63) is 73.1 Å². The molecule has 1 aromatic heterocycles. The lowest BCUT2D eigenvalue weighted by Gasteiger charge is -2.22. The third-order valence-corrected chi connectivity index (χ3v) is 5.58. The largest absolute Gasteiger partial charge is 0.481 e. The number of carbonyl (C=O) groups is 3. The molecule has 172 valence electrons. The predicted molar refractivity (Wildman–Crippen MR) is 129 cm³/mol. The van der Waals surface area contributed by atoms with E-state index in [1.165, 1.54) is 6.92 Å². The van der Waals surface area contributed by atoms with E-state index in [9.17, 15) is 19.5 Å². The van der Waals surface area contributed by atoms with Gasteiger partial charge in [0.15, 0.2) is 5.78 Å². The summed E-state index contributed by atoms with van der Waals surface area (Å²) in [6, 6.07) is 18.4. The number of hydrogen-bond acceptors (Lipinski definition) is 3. The molecule has 2 atom stereocenters. The Kier molecular flexibility index (Phi) is 7.83. The minimum atomic E-state index is -1.08. The van der Waals surface area contributed by atoms with E-state index in [1.807, 2.05) is 74.5 Å². The van der Waals surface area contributed by atoms with Gasteiger partial charge in [-0.1, -0.05) is 68.4 Å². The highest BCUT2D eigenvalue weighted by Crippen LogP contribution is 2.26. The van der Waals surface area contributed by atoms with Crippen LogP contribution in [0.5, 0.6) is 0 Å². The summed E-state index contributed by atoms with van der Waals surface area (Å²) >= 11 is 0. The van der Waals surface area contributed by atoms with Crippen LogP contribution in [0.2, 0.25) is 0 Å². The summed E-state index contributed by atoms with van der Waals surface area (Å²) < 4.78 is 1.61. The molecule has 0 aliphatic rings. The number of hydrogen-bond donors (Lipinski definition) is 2. The number of ketones is 1. The van der Waals surface area contributed by atoms with E-state index < -0.39 is 24.0 Å². The molecule has 0 spiro atoms. The van der Waals surface area contributed by atoms with Crippen molar-refractivity contribution in [3.8, 4) is 22.3 Å². The van der Waals surface area contributed by atoms with Crippen molar-refractivity contribution in [1.29, 1.82) is 0 Å². The molecule has 6 nitrogen and oxygen atoms in total. The van der Waals surface area contributed by atoms with Crippen LogP contribution in [-0.4, -0.2) is 33.4 Å². The molecule has 2 aromatic carbocycles. The maximum atomic E-state index is 13.0.